The molecule has 0 bridgehead atoms. The molecule has 2 heterocycles. The lowest BCUT2D eigenvalue weighted by molar-refractivity contribution is -0.126. The van der Waals surface area contributed by atoms with Crippen LogP contribution in [0.1, 0.15) is 30.1 Å². The number of rotatable bonds is 3. The Bertz CT molecular complexity index is 723. The van der Waals surface area contributed by atoms with E-state index in [9.17, 15) is 18.8 Å². The van der Waals surface area contributed by atoms with Crippen molar-refractivity contribution >= 4 is 23.5 Å². The molecule has 2 aliphatic rings. The molecule has 0 saturated carbocycles. The fourth-order valence-corrected chi connectivity index (χ4v) is 3.25. The first-order valence-electron chi connectivity index (χ1n) is 7.81. The van der Waals surface area contributed by atoms with Gasteiger partial charge in [-0.05, 0) is 38.0 Å². The number of nitrogens with zero attached hydrogens (tertiary/aromatic N) is 2. The summed E-state index contributed by atoms with van der Waals surface area (Å²) in [6.07, 6.45) is 1.07. The van der Waals surface area contributed by atoms with Gasteiger partial charge in [0.1, 0.15) is 11.4 Å². The van der Waals surface area contributed by atoms with Gasteiger partial charge >= 0.3 is 6.03 Å². The van der Waals surface area contributed by atoms with Crippen LogP contribution in [-0.2, 0) is 4.79 Å². The zero-order chi connectivity index (χ0) is 17.5. The number of hydrogen-bond donors (Lipinski definition) is 2. The van der Waals surface area contributed by atoms with E-state index in [1.807, 2.05) is 0 Å². The van der Waals surface area contributed by atoms with E-state index in [0.29, 0.717) is 38.2 Å². The zero-order valence-corrected chi connectivity index (χ0v) is 13.3. The fraction of sp³-hybridized carbons (Fsp3) is 0.438. The number of nitrogens with one attached hydrogen (secondary N) is 1. The lowest BCUT2D eigenvalue weighted by Gasteiger charge is -2.32. The molecule has 0 radical (unpaired) electrons. The van der Waals surface area contributed by atoms with Crippen LogP contribution in [0, 0.1) is 5.82 Å². The number of carbonyl (C=O) groups is 3. The molecule has 7 nitrogen and oxygen atoms in total. The van der Waals surface area contributed by atoms with Crippen molar-refractivity contribution in [1.82, 2.24) is 10.2 Å². The van der Waals surface area contributed by atoms with Gasteiger partial charge in [0.25, 0.3) is 5.91 Å². The van der Waals surface area contributed by atoms with Gasteiger partial charge in [-0.3, -0.25) is 14.5 Å². The molecule has 4 amide bonds. The third-order valence-electron chi connectivity index (χ3n) is 4.77. The minimum atomic E-state index is -1.12. The first kappa shape index (κ1) is 16.2. The number of likely N-dealkylation sites (tertiary alicyclic amines) is 1. The van der Waals surface area contributed by atoms with E-state index < -0.39 is 23.2 Å². The molecule has 2 aliphatic heterocycles. The second-order valence-electron chi connectivity index (χ2n) is 6.25. The summed E-state index contributed by atoms with van der Waals surface area (Å²) in [5.74, 6) is -1.89. The first-order valence-corrected chi connectivity index (χ1v) is 7.81. The average Bonchev–Trinajstić information content (AvgIpc) is 3.14. The number of urea groups is 1. The standard InChI is InChI=1S/C16H19FN4O3/c1-16(14(18)23)5-2-7-21(16)13(22)11-9-10(3-4-12(11)17)20-8-6-19-15(20)24/h3-4,9H,2,5-8H2,1H3,(H2,18,23)(H,19,24)/t16-/m0/s1. The molecule has 0 aromatic heterocycles. The van der Waals surface area contributed by atoms with E-state index in [1.165, 1.54) is 21.9 Å². The molecular formula is C16H19FN4O3. The van der Waals surface area contributed by atoms with Crippen LogP contribution in [-0.4, -0.2) is 47.9 Å². The molecule has 2 fully saturated rings. The Kier molecular flexibility index (Phi) is 3.90. The van der Waals surface area contributed by atoms with Crippen LogP contribution in [0.25, 0.3) is 0 Å². The third-order valence-corrected chi connectivity index (χ3v) is 4.77. The van der Waals surface area contributed by atoms with E-state index in [-0.39, 0.29) is 11.6 Å². The number of hydrogen-bond acceptors (Lipinski definition) is 3. The molecule has 1 atom stereocenters. The van der Waals surface area contributed by atoms with E-state index in [4.69, 9.17) is 5.73 Å². The summed E-state index contributed by atoms with van der Waals surface area (Å²) < 4.78 is 14.2. The summed E-state index contributed by atoms with van der Waals surface area (Å²) in [6.45, 7) is 2.87. The summed E-state index contributed by atoms with van der Waals surface area (Å²) in [5.41, 5.74) is 4.59. The number of benzene rings is 1. The molecular weight excluding hydrogens is 315 g/mol. The summed E-state index contributed by atoms with van der Waals surface area (Å²) in [6, 6.07) is 3.67. The summed E-state index contributed by atoms with van der Waals surface area (Å²) in [5, 5.41) is 2.65. The summed E-state index contributed by atoms with van der Waals surface area (Å²) >= 11 is 0. The van der Waals surface area contributed by atoms with Gasteiger partial charge in [-0.1, -0.05) is 0 Å². The highest BCUT2D eigenvalue weighted by Gasteiger charge is 2.45. The molecule has 1 aromatic carbocycles. The predicted octanol–water partition coefficient (Wildman–Crippen LogP) is 0.835. The molecule has 1 aromatic rings. The van der Waals surface area contributed by atoms with Gasteiger partial charge in [0, 0.05) is 25.3 Å². The molecule has 2 saturated heterocycles. The van der Waals surface area contributed by atoms with E-state index >= 15 is 0 Å². The predicted molar refractivity (Wildman–Crippen MR) is 85.0 cm³/mol. The van der Waals surface area contributed by atoms with Crippen molar-refractivity contribution in [2.75, 3.05) is 24.5 Å². The van der Waals surface area contributed by atoms with Gasteiger partial charge in [0.15, 0.2) is 0 Å². The Morgan fingerprint density at radius 2 is 2.08 bits per heavy atom. The highest BCUT2D eigenvalue weighted by atomic mass is 19.1. The number of primary amides is 1. The molecule has 0 aliphatic carbocycles. The van der Waals surface area contributed by atoms with Crippen molar-refractivity contribution in [3.05, 3.63) is 29.6 Å². The molecule has 0 spiro atoms. The first-order chi connectivity index (χ1) is 11.3. The maximum Gasteiger partial charge on any atom is 0.321 e. The quantitative estimate of drug-likeness (QED) is 0.857. The van der Waals surface area contributed by atoms with Gasteiger partial charge < -0.3 is 16.0 Å². The van der Waals surface area contributed by atoms with E-state index in [1.54, 1.807) is 6.92 Å². The minimum Gasteiger partial charge on any atom is -0.368 e. The number of carbonyl (C=O) groups excluding carboxylic acids is 3. The highest BCUT2D eigenvalue weighted by Crippen LogP contribution is 2.31. The summed E-state index contributed by atoms with van der Waals surface area (Å²) in [4.78, 5) is 39.1. The molecule has 0 unspecified atom stereocenters. The van der Waals surface area contributed by atoms with Gasteiger partial charge in [-0.2, -0.15) is 0 Å². The molecule has 128 valence electrons. The van der Waals surface area contributed by atoms with Crippen molar-refractivity contribution in [3.63, 3.8) is 0 Å². The smallest absolute Gasteiger partial charge is 0.321 e. The normalized spacial score (nSPS) is 23.5. The second kappa shape index (κ2) is 5.77. The Morgan fingerprint density at radius 1 is 1.33 bits per heavy atom. The lowest BCUT2D eigenvalue weighted by Crippen LogP contribution is -2.54. The fourth-order valence-electron chi connectivity index (χ4n) is 3.25. The Labute approximate surface area is 138 Å². The van der Waals surface area contributed by atoms with Gasteiger partial charge in [0.05, 0.1) is 5.56 Å². The molecule has 3 N–H and O–H groups in total. The van der Waals surface area contributed by atoms with Crippen molar-refractivity contribution in [2.24, 2.45) is 5.73 Å². The Hall–Kier alpha value is -2.64. The van der Waals surface area contributed by atoms with Crippen LogP contribution in [0.3, 0.4) is 0 Å². The van der Waals surface area contributed by atoms with Crippen LogP contribution < -0.4 is 16.0 Å². The van der Waals surface area contributed by atoms with Gasteiger partial charge in [-0.25, -0.2) is 9.18 Å². The lowest BCUT2D eigenvalue weighted by atomic mass is 9.97. The van der Waals surface area contributed by atoms with Crippen LogP contribution >= 0.6 is 0 Å². The topological polar surface area (TPSA) is 95.7 Å². The third kappa shape index (κ3) is 2.47. The highest BCUT2D eigenvalue weighted by molar-refractivity contribution is 6.01. The largest absolute Gasteiger partial charge is 0.368 e. The Morgan fingerprint density at radius 3 is 2.71 bits per heavy atom. The molecule has 8 heteroatoms. The SMILES string of the molecule is C[C@@]1(C(N)=O)CCCN1C(=O)c1cc(N2CCNC2=O)ccc1F. The van der Waals surface area contributed by atoms with Crippen LogP contribution in [0.2, 0.25) is 0 Å². The molecule has 3 rings (SSSR count). The van der Waals surface area contributed by atoms with E-state index in [0.717, 1.165) is 6.07 Å². The van der Waals surface area contributed by atoms with Crippen LogP contribution in [0.15, 0.2) is 18.2 Å². The monoisotopic (exact) mass is 334 g/mol. The van der Waals surface area contributed by atoms with Crippen molar-refractivity contribution in [2.45, 2.75) is 25.3 Å². The minimum absolute atomic E-state index is 0.165. The summed E-state index contributed by atoms with van der Waals surface area (Å²) in [7, 11) is 0. The number of nitrogens with two attached hydrogens (primary N) is 1. The number of anilines is 1. The maximum atomic E-state index is 14.2. The number of halogens is 1. The van der Waals surface area contributed by atoms with Crippen LogP contribution in [0.5, 0.6) is 0 Å². The van der Waals surface area contributed by atoms with Crippen molar-refractivity contribution in [3.8, 4) is 0 Å². The van der Waals surface area contributed by atoms with Gasteiger partial charge in [-0.15, -0.1) is 0 Å². The Balaban J connectivity index is 1.95. The van der Waals surface area contributed by atoms with Crippen LogP contribution in [0.4, 0.5) is 14.9 Å². The second-order valence-corrected chi connectivity index (χ2v) is 6.25. The number of amides is 4. The average molecular weight is 334 g/mol. The maximum absolute atomic E-state index is 14.2. The van der Waals surface area contributed by atoms with E-state index in [2.05, 4.69) is 5.32 Å². The zero-order valence-electron chi connectivity index (χ0n) is 13.3. The molecule has 24 heavy (non-hydrogen) atoms. The van der Waals surface area contributed by atoms with Crippen molar-refractivity contribution in [1.29, 1.82) is 0 Å². The van der Waals surface area contributed by atoms with Gasteiger partial charge in [0.2, 0.25) is 5.91 Å². The van der Waals surface area contributed by atoms with Crippen molar-refractivity contribution < 1.29 is 18.8 Å².